The number of carbonyl (C=O) groups is 1. The highest BCUT2D eigenvalue weighted by Gasteiger charge is 2.26. The molecule has 1 fully saturated rings. The molecule has 3 N–H and O–H groups in total. The third-order valence-corrected chi connectivity index (χ3v) is 4.54. The summed E-state index contributed by atoms with van der Waals surface area (Å²) in [5.74, 6) is -1.15. The first kappa shape index (κ1) is 14.8. The summed E-state index contributed by atoms with van der Waals surface area (Å²) in [7, 11) is -3.74. The maximum atomic E-state index is 12.3. The second-order valence-corrected chi connectivity index (χ2v) is 6.89. The van der Waals surface area contributed by atoms with Crippen LogP contribution in [0.1, 0.15) is 37.0 Å². The lowest BCUT2D eigenvalue weighted by atomic mass is 10.2. The minimum absolute atomic E-state index is 0.0157. The third kappa shape index (κ3) is 3.49. The Bertz CT molecular complexity index is 621. The molecular weight excluding hydrogens is 280 g/mol. The molecule has 0 radical (unpaired) electrons. The van der Waals surface area contributed by atoms with Crippen LogP contribution in [0.4, 0.5) is 5.69 Å². The standard InChI is InChI=1S/C13H18N2O4S/c1-8(2)15-20(18,19)12-7-9(13(16)17)3-6-11(12)14-10-4-5-10/h3,6-8,10,14-15H,4-5H2,1-2H3,(H,16,17). The quantitative estimate of drug-likeness (QED) is 0.742. The summed E-state index contributed by atoms with van der Waals surface area (Å²) in [5.41, 5.74) is 0.404. The molecule has 1 aromatic rings. The van der Waals surface area contributed by atoms with Gasteiger partial charge >= 0.3 is 5.97 Å². The molecule has 0 atom stereocenters. The first-order chi connectivity index (χ1) is 9.29. The van der Waals surface area contributed by atoms with Crippen LogP contribution in [0.3, 0.4) is 0 Å². The zero-order valence-corrected chi connectivity index (χ0v) is 12.2. The summed E-state index contributed by atoms with van der Waals surface area (Å²) in [5, 5.41) is 12.1. The monoisotopic (exact) mass is 298 g/mol. The van der Waals surface area contributed by atoms with Gasteiger partial charge in [0.25, 0.3) is 0 Å². The molecule has 6 nitrogen and oxygen atoms in total. The van der Waals surface area contributed by atoms with E-state index in [4.69, 9.17) is 5.11 Å². The van der Waals surface area contributed by atoms with Crippen LogP contribution in [0.5, 0.6) is 0 Å². The van der Waals surface area contributed by atoms with Crippen LogP contribution in [0.15, 0.2) is 23.1 Å². The number of carboxylic acid groups (broad SMARTS) is 1. The number of sulfonamides is 1. The van der Waals surface area contributed by atoms with Gasteiger partial charge in [-0.05, 0) is 44.9 Å². The van der Waals surface area contributed by atoms with Gasteiger partial charge in [-0.25, -0.2) is 17.9 Å². The van der Waals surface area contributed by atoms with Crippen molar-refractivity contribution in [2.45, 2.75) is 43.7 Å². The van der Waals surface area contributed by atoms with Crippen molar-refractivity contribution in [3.05, 3.63) is 23.8 Å². The molecule has 0 spiro atoms. The molecule has 2 rings (SSSR count). The summed E-state index contributed by atoms with van der Waals surface area (Å²) in [6, 6.07) is 4.12. The van der Waals surface area contributed by atoms with Crippen LogP contribution in [0, 0.1) is 0 Å². The van der Waals surface area contributed by atoms with Gasteiger partial charge in [0.1, 0.15) is 4.90 Å². The molecule has 0 aliphatic heterocycles. The molecule has 1 saturated carbocycles. The van der Waals surface area contributed by atoms with Gasteiger partial charge in [0.05, 0.1) is 11.3 Å². The van der Waals surface area contributed by atoms with E-state index in [2.05, 4.69) is 10.0 Å². The first-order valence-electron chi connectivity index (χ1n) is 6.46. The number of anilines is 1. The highest BCUT2D eigenvalue weighted by atomic mass is 32.2. The Morgan fingerprint density at radius 1 is 1.35 bits per heavy atom. The highest BCUT2D eigenvalue weighted by molar-refractivity contribution is 7.89. The van der Waals surface area contributed by atoms with Crippen LogP contribution in [-0.4, -0.2) is 31.6 Å². The van der Waals surface area contributed by atoms with Crippen molar-refractivity contribution < 1.29 is 18.3 Å². The van der Waals surface area contributed by atoms with Crippen LogP contribution in [-0.2, 0) is 10.0 Å². The molecule has 20 heavy (non-hydrogen) atoms. The lowest BCUT2D eigenvalue weighted by Crippen LogP contribution is -2.31. The second-order valence-electron chi connectivity index (χ2n) is 5.21. The molecule has 7 heteroatoms. The summed E-state index contributed by atoms with van der Waals surface area (Å²) in [4.78, 5) is 11.0. The average Bonchev–Trinajstić information content (AvgIpc) is 3.11. The van der Waals surface area contributed by atoms with E-state index in [0.717, 1.165) is 12.8 Å². The first-order valence-corrected chi connectivity index (χ1v) is 7.94. The number of aromatic carboxylic acids is 1. The van der Waals surface area contributed by atoms with Gasteiger partial charge in [-0.1, -0.05) is 0 Å². The minimum Gasteiger partial charge on any atom is -0.478 e. The molecule has 1 aliphatic carbocycles. The van der Waals surface area contributed by atoms with Crippen molar-refractivity contribution in [1.29, 1.82) is 0 Å². The summed E-state index contributed by atoms with van der Waals surface area (Å²) >= 11 is 0. The Kier molecular flexibility index (Phi) is 4.01. The van der Waals surface area contributed by atoms with Crippen molar-refractivity contribution in [3.63, 3.8) is 0 Å². The van der Waals surface area contributed by atoms with Crippen LogP contribution >= 0.6 is 0 Å². The molecule has 0 amide bonds. The number of hydrogen-bond acceptors (Lipinski definition) is 4. The summed E-state index contributed by atoms with van der Waals surface area (Å²) < 4.78 is 27.1. The minimum atomic E-state index is -3.74. The van der Waals surface area contributed by atoms with Crippen molar-refractivity contribution in [1.82, 2.24) is 4.72 Å². The molecule has 0 aromatic heterocycles. The van der Waals surface area contributed by atoms with Gasteiger partial charge in [0, 0.05) is 12.1 Å². The number of benzene rings is 1. The Balaban J connectivity index is 2.44. The van der Waals surface area contributed by atoms with Crippen LogP contribution in [0.2, 0.25) is 0 Å². The van der Waals surface area contributed by atoms with E-state index in [1.54, 1.807) is 13.8 Å². The zero-order chi connectivity index (χ0) is 14.9. The fraction of sp³-hybridized carbons (Fsp3) is 0.462. The molecule has 0 bridgehead atoms. The van der Waals surface area contributed by atoms with E-state index in [-0.39, 0.29) is 22.5 Å². The molecule has 1 aromatic carbocycles. The van der Waals surface area contributed by atoms with Gasteiger partial charge < -0.3 is 10.4 Å². The number of nitrogens with one attached hydrogen (secondary N) is 2. The van der Waals surface area contributed by atoms with Gasteiger partial charge in [-0.2, -0.15) is 0 Å². The Morgan fingerprint density at radius 2 is 2.00 bits per heavy atom. The van der Waals surface area contributed by atoms with Crippen LogP contribution in [0.25, 0.3) is 0 Å². The largest absolute Gasteiger partial charge is 0.478 e. The van der Waals surface area contributed by atoms with E-state index in [1.807, 2.05) is 0 Å². The maximum Gasteiger partial charge on any atom is 0.335 e. The lowest BCUT2D eigenvalue weighted by molar-refractivity contribution is 0.0696. The third-order valence-electron chi connectivity index (χ3n) is 2.85. The zero-order valence-electron chi connectivity index (χ0n) is 11.4. The Morgan fingerprint density at radius 3 is 2.50 bits per heavy atom. The molecular formula is C13H18N2O4S. The van der Waals surface area contributed by atoms with Crippen molar-refractivity contribution in [2.24, 2.45) is 0 Å². The topological polar surface area (TPSA) is 95.5 Å². The van der Waals surface area contributed by atoms with E-state index in [9.17, 15) is 13.2 Å². The predicted octanol–water partition coefficient (Wildman–Crippen LogP) is 1.65. The summed E-state index contributed by atoms with van der Waals surface area (Å²) in [6.07, 6.45) is 2.00. The normalized spacial score (nSPS) is 15.3. The molecule has 110 valence electrons. The molecule has 0 heterocycles. The molecule has 1 aliphatic rings. The van der Waals surface area contributed by atoms with Gasteiger partial charge in [0.15, 0.2) is 0 Å². The Hall–Kier alpha value is -1.60. The van der Waals surface area contributed by atoms with Crippen molar-refractivity contribution in [3.8, 4) is 0 Å². The second kappa shape index (κ2) is 5.41. The fourth-order valence-electron chi connectivity index (χ4n) is 1.82. The van der Waals surface area contributed by atoms with Gasteiger partial charge in [0.2, 0.25) is 10.0 Å². The van der Waals surface area contributed by atoms with E-state index >= 15 is 0 Å². The van der Waals surface area contributed by atoms with Gasteiger partial charge in [-0.15, -0.1) is 0 Å². The van der Waals surface area contributed by atoms with E-state index < -0.39 is 16.0 Å². The number of rotatable bonds is 6. The van der Waals surface area contributed by atoms with E-state index in [0.29, 0.717) is 5.69 Å². The highest BCUT2D eigenvalue weighted by Crippen LogP contribution is 2.29. The predicted molar refractivity (Wildman–Crippen MR) is 75.5 cm³/mol. The molecule has 0 unspecified atom stereocenters. The van der Waals surface area contributed by atoms with Crippen molar-refractivity contribution in [2.75, 3.05) is 5.32 Å². The number of carboxylic acids is 1. The SMILES string of the molecule is CC(C)NS(=O)(=O)c1cc(C(=O)O)ccc1NC1CC1. The maximum absolute atomic E-state index is 12.3. The Labute approximate surface area is 118 Å². The summed E-state index contributed by atoms with van der Waals surface area (Å²) in [6.45, 7) is 3.43. The van der Waals surface area contributed by atoms with Crippen molar-refractivity contribution >= 4 is 21.7 Å². The lowest BCUT2D eigenvalue weighted by Gasteiger charge is -2.15. The van der Waals surface area contributed by atoms with E-state index in [1.165, 1.54) is 18.2 Å². The van der Waals surface area contributed by atoms with Gasteiger partial charge in [-0.3, -0.25) is 0 Å². The smallest absolute Gasteiger partial charge is 0.335 e. The average molecular weight is 298 g/mol. The number of hydrogen-bond donors (Lipinski definition) is 3. The van der Waals surface area contributed by atoms with Crippen LogP contribution < -0.4 is 10.0 Å². The molecule has 0 saturated heterocycles. The fourth-order valence-corrected chi connectivity index (χ4v) is 3.26.